The zero-order valence-electron chi connectivity index (χ0n) is 17.1. The third kappa shape index (κ3) is 4.07. The molecule has 0 fully saturated rings. The van der Waals surface area contributed by atoms with Crippen molar-refractivity contribution in [1.29, 1.82) is 0 Å². The third-order valence-electron chi connectivity index (χ3n) is 4.97. The highest BCUT2D eigenvalue weighted by Gasteiger charge is 2.33. The lowest BCUT2D eigenvalue weighted by molar-refractivity contribution is 0.105. The highest BCUT2D eigenvalue weighted by molar-refractivity contribution is 6.36. The molecule has 2 aromatic heterocycles. The van der Waals surface area contributed by atoms with E-state index in [9.17, 15) is 10.2 Å². The number of fused-ring (bicyclic) bond motifs is 1. The molecule has 0 aliphatic rings. The Morgan fingerprint density at radius 1 is 1.09 bits per heavy atom. The quantitative estimate of drug-likeness (QED) is 0.340. The first-order valence-electron chi connectivity index (χ1n) is 9.90. The van der Waals surface area contributed by atoms with E-state index in [1.54, 1.807) is 36.4 Å². The van der Waals surface area contributed by atoms with Crippen LogP contribution in [0.5, 0.6) is 5.75 Å². The van der Waals surface area contributed by atoms with Crippen LogP contribution in [0.2, 0.25) is 10.0 Å². The van der Waals surface area contributed by atoms with Crippen molar-refractivity contribution in [2.75, 3.05) is 19.8 Å². The van der Waals surface area contributed by atoms with E-state index >= 15 is 0 Å². The maximum Gasteiger partial charge on any atom is 0.258 e. The topological polar surface area (TPSA) is 128 Å². The van der Waals surface area contributed by atoms with Crippen molar-refractivity contribution in [2.24, 2.45) is 5.73 Å². The van der Waals surface area contributed by atoms with Crippen LogP contribution in [0.15, 0.2) is 45.3 Å². The molecule has 4 N–H and O–H groups in total. The fourth-order valence-corrected chi connectivity index (χ4v) is 3.75. The molecule has 2 aromatic carbocycles. The van der Waals surface area contributed by atoms with Crippen molar-refractivity contribution in [3.8, 4) is 28.6 Å². The first-order chi connectivity index (χ1) is 15.4. The lowest BCUT2D eigenvalue weighted by atomic mass is 9.99. The van der Waals surface area contributed by atoms with E-state index in [-0.39, 0.29) is 10.8 Å². The summed E-state index contributed by atoms with van der Waals surface area (Å²) in [5.41, 5.74) is 6.25. The van der Waals surface area contributed by atoms with Crippen molar-refractivity contribution in [3.63, 3.8) is 0 Å². The number of ether oxygens (including phenoxy) is 1. The van der Waals surface area contributed by atoms with Gasteiger partial charge in [0.05, 0.1) is 29.9 Å². The SMILES string of the molecule is CCCOc1ccc(-c2nc(-c3ccc4oc(C(N)(CO)CO)c(Cl)c4c3)no2)cc1Cl. The van der Waals surface area contributed by atoms with Gasteiger partial charge in [-0.15, -0.1) is 0 Å². The van der Waals surface area contributed by atoms with E-state index in [1.807, 2.05) is 6.92 Å². The summed E-state index contributed by atoms with van der Waals surface area (Å²) >= 11 is 12.7. The van der Waals surface area contributed by atoms with Crippen molar-refractivity contribution < 1.29 is 23.9 Å². The Kier molecular flexibility index (Phi) is 6.41. The number of hydrogen-bond donors (Lipinski definition) is 3. The summed E-state index contributed by atoms with van der Waals surface area (Å²) in [4.78, 5) is 4.45. The molecule has 0 unspecified atom stereocenters. The summed E-state index contributed by atoms with van der Waals surface area (Å²) in [6.07, 6.45) is 0.879. The number of rotatable bonds is 8. The summed E-state index contributed by atoms with van der Waals surface area (Å²) in [5, 5.41) is 24.4. The van der Waals surface area contributed by atoms with Gasteiger partial charge in [-0.3, -0.25) is 0 Å². The van der Waals surface area contributed by atoms with E-state index in [1.165, 1.54) is 0 Å². The molecular formula is C22H21Cl2N3O5. The monoisotopic (exact) mass is 477 g/mol. The number of aromatic nitrogens is 2. The minimum absolute atomic E-state index is 0.102. The first-order valence-corrected chi connectivity index (χ1v) is 10.7. The van der Waals surface area contributed by atoms with Gasteiger partial charge in [0.1, 0.15) is 22.6 Å². The Hall–Kier alpha value is -2.62. The molecule has 4 aromatic rings. The molecule has 10 heteroatoms. The zero-order valence-corrected chi connectivity index (χ0v) is 18.7. The molecule has 0 bridgehead atoms. The van der Waals surface area contributed by atoms with Gasteiger partial charge < -0.3 is 29.6 Å². The Labute approximate surface area is 193 Å². The zero-order chi connectivity index (χ0) is 22.9. The Morgan fingerprint density at radius 2 is 1.84 bits per heavy atom. The molecule has 0 spiro atoms. The molecule has 0 radical (unpaired) electrons. The Balaban J connectivity index is 1.66. The third-order valence-corrected chi connectivity index (χ3v) is 5.64. The molecule has 8 nitrogen and oxygen atoms in total. The van der Waals surface area contributed by atoms with E-state index in [4.69, 9.17) is 42.6 Å². The lowest BCUT2D eigenvalue weighted by Crippen LogP contribution is -2.44. The molecule has 168 valence electrons. The van der Waals surface area contributed by atoms with Gasteiger partial charge in [0.15, 0.2) is 0 Å². The number of nitrogens with zero attached hydrogens (tertiary/aromatic N) is 2. The molecule has 2 heterocycles. The van der Waals surface area contributed by atoms with Gasteiger partial charge in [0.25, 0.3) is 5.89 Å². The Morgan fingerprint density at radius 3 is 2.53 bits per heavy atom. The van der Waals surface area contributed by atoms with Crippen LogP contribution in [0.25, 0.3) is 33.8 Å². The standard InChI is InChI=1S/C22H21Cl2N3O5/c1-2-7-30-17-6-4-13(9-15(17)23)21-26-20(27-32-21)12-3-5-16-14(8-12)18(24)19(31-16)22(25,10-28)11-29/h3-6,8-9,28-29H,2,7,10-11,25H2,1H3. The van der Waals surface area contributed by atoms with Crippen molar-refractivity contribution >= 4 is 34.2 Å². The number of nitrogens with two attached hydrogens (primary N) is 1. The number of furan rings is 1. The van der Waals surface area contributed by atoms with E-state index in [0.717, 1.165) is 6.42 Å². The van der Waals surface area contributed by atoms with Crippen LogP contribution in [-0.2, 0) is 5.54 Å². The van der Waals surface area contributed by atoms with Crippen LogP contribution < -0.4 is 10.5 Å². The maximum atomic E-state index is 9.56. The van der Waals surface area contributed by atoms with Gasteiger partial charge in [-0.2, -0.15) is 4.98 Å². The fraction of sp³-hybridized carbons (Fsp3) is 0.273. The summed E-state index contributed by atoms with van der Waals surface area (Å²) in [7, 11) is 0. The molecule has 0 saturated carbocycles. The van der Waals surface area contributed by atoms with Crippen LogP contribution >= 0.6 is 23.2 Å². The normalized spacial score (nSPS) is 11.9. The summed E-state index contributed by atoms with van der Waals surface area (Å²) in [6.45, 7) is 1.53. The molecule has 0 saturated heterocycles. The van der Waals surface area contributed by atoms with Crippen LogP contribution in [0.4, 0.5) is 0 Å². The van der Waals surface area contributed by atoms with E-state index in [0.29, 0.717) is 51.2 Å². The van der Waals surface area contributed by atoms with Crippen molar-refractivity contribution in [1.82, 2.24) is 10.1 Å². The molecule has 0 amide bonds. The van der Waals surface area contributed by atoms with Crippen LogP contribution in [-0.4, -0.2) is 40.2 Å². The largest absolute Gasteiger partial charge is 0.492 e. The number of hydrogen-bond acceptors (Lipinski definition) is 8. The lowest BCUT2D eigenvalue weighted by Gasteiger charge is -2.22. The highest BCUT2D eigenvalue weighted by atomic mass is 35.5. The predicted octanol–water partition coefficient (Wildman–Crippen LogP) is 4.38. The second kappa shape index (κ2) is 9.09. The van der Waals surface area contributed by atoms with Crippen LogP contribution in [0.1, 0.15) is 19.1 Å². The minimum Gasteiger partial charge on any atom is -0.492 e. The van der Waals surface area contributed by atoms with Gasteiger partial charge in [-0.05, 0) is 42.8 Å². The van der Waals surface area contributed by atoms with Crippen molar-refractivity contribution in [3.05, 3.63) is 52.2 Å². The number of halogens is 2. The first kappa shape index (κ1) is 22.6. The van der Waals surface area contributed by atoms with Gasteiger partial charge in [0.2, 0.25) is 5.82 Å². The minimum atomic E-state index is -1.50. The van der Waals surface area contributed by atoms with Crippen LogP contribution in [0.3, 0.4) is 0 Å². The van der Waals surface area contributed by atoms with E-state index < -0.39 is 18.8 Å². The van der Waals surface area contributed by atoms with E-state index in [2.05, 4.69) is 10.1 Å². The average Bonchev–Trinajstić information content (AvgIpc) is 3.43. The molecule has 0 atom stereocenters. The number of aliphatic hydroxyl groups excluding tert-OH is 2. The summed E-state index contributed by atoms with van der Waals surface area (Å²) in [5.74, 6) is 1.33. The molecule has 0 aliphatic carbocycles. The predicted molar refractivity (Wildman–Crippen MR) is 121 cm³/mol. The smallest absolute Gasteiger partial charge is 0.258 e. The highest BCUT2D eigenvalue weighted by Crippen LogP contribution is 2.38. The summed E-state index contributed by atoms with van der Waals surface area (Å²) < 4.78 is 16.7. The molecule has 0 aliphatic heterocycles. The van der Waals surface area contributed by atoms with Gasteiger partial charge in [0, 0.05) is 16.5 Å². The van der Waals surface area contributed by atoms with Gasteiger partial charge in [-0.25, -0.2) is 0 Å². The fourth-order valence-electron chi connectivity index (χ4n) is 3.14. The molecular weight excluding hydrogens is 457 g/mol. The molecule has 4 rings (SSSR count). The maximum absolute atomic E-state index is 9.56. The second-order valence-corrected chi connectivity index (χ2v) is 8.13. The number of benzene rings is 2. The average molecular weight is 478 g/mol. The molecule has 32 heavy (non-hydrogen) atoms. The van der Waals surface area contributed by atoms with Gasteiger partial charge >= 0.3 is 0 Å². The summed E-state index contributed by atoms with van der Waals surface area (Å²) in [6, 6.07) is 10.4. The van der Waals surface area contributed by atoms with Crippen molar-refractivity contribution in [2.45, 2.75) is 18.9 Å². The van der Waals surface area contributed by atoms with Gasteiger partial charge in [-0.1, -0.05) is 35.3 Å². The Bertz CT molecular complexity index is 1250. The number of aliphatic hydroxyl groups is 2. The van der Waals surface area contributed by atoms with Crippen LogP contribution in [0, 0.1) is 0 Å². The second-order valence-electron chi connectivity index (χ2n) is 7.35.